The average Bonchev–Trinajstić information content (AvgIpc) is 2.86. The fourth-order valence-electron chi connectivity index (χ4n) is 7.38. The van der Waals surface area contributed by atoms with Gasteiger partial charge in [-0.3, -0.25) is 14.4 Å². The number of ether oxygens (including phenoxy) is 3. The number of carbonyl (C=O) groups excluding carboxylic acids is 3. The predicted molar refractivity (Wildman–Crippen MR) is 136 cm³/mol. The van der Waals surface area contributed by atoms with Gasteiger partial charge >= 0.3 is 5.97 Å². The monoisotopic (exact) mass is 549 g/mol. The van der Waals surface area contributed by atoms with Crippen LogP contribution in [0.4, 0.5) is 5.69 Å². The van der Waals surface area contributed by atoms with Gasteiger partial charge in [-0.25, -0.2) is 8.42 Å². The lowest BCUT2D eigenvalue weighted by molar-refractivity contribution is -0.176. The zero-order valence-corrected chi connectivity index (χ0v) is 22.6. The summed E-state index contributed by atoms with van der Waals surface area (Å²) in [5, 5.41) is 5.75. The minimum absolute atomic E-state index is 0.0615. The lowest BCUT2D eigenvalue weighted by Crippen LogP contribution is -2.64. The van der Waals surface area contributed by atoms with Crippen molar-refractivity contribution in [2.24, 2.45) is 17.3 Å². The van der Waals surface area contributed by atoms with E-state index in [0.717, 1.165) is 19.3 Å². The van der Waals surface area contributed by atoms with Crippen molar-refractivity contribution in [1.29, 1.82) is 0 Å². The summed E-state index contributed by atoms with van der Waals surface area (Å²) in [6.07, 6.45) is 4.79. The van der Waals surface area contributed by atoms with Gasteiger partial charge in [0.2, 0.25) is 15.9 Å². The van der Waals surface area contributed by atoms with Crippen molar-refractivity contribution in [2.75, 3.05) is 45.3 Å². The van der Waals surface area contributed by atoms with Crippen molar-refractivity contribution >= 4 is 33.5 Å². The Hall–Kier alpha value is -2.70. The third-order valence-corrected chi connectivity index (χ3v) is 10.2. The number of hydrogen-bond donors (Lipinski definition) is 2. The fourth-order valence-corrected chi connectivity index (χ4v) is 8.97. The Morgan fingerprint density at radius 3 is 2.42 bits per heavy atom. The van der Waals surface area contributed by atoms with Gasteiger partial charge in [0.15, 0.2) is 6.61 Å². The highest BCUT2D eigenvalue weighted by Crippen LogP contribution is 2.62. The molecule has 38 heavy (non-hydrogen) atoms. The van der Waals surface area contributed by atoms with Crippen LogP contribution in [0.5, 0.6) is 5.75 Å². The van der Waals surface area contributed by atoms with Crippen molar-refractivity contribution < 1.29 is 37.0 Å². The minimum Gasteiger partial charge on any atom is -0.495 e. The molecule has 1 aromatic rings. The first-order valence-corrected chi connectivity index (χ1v) is 14.5. The summed E-state index contributed by atoms with van der Waals surface area (Å²) in [7, 11) is -2.49. The third-order valence-electron chi connectivity index (χ3n) is 8.30. The van der Waals surface area contributed by atoms with Gasteiger partial charge in [-0.15, -0.1) is 0 Å². The standard InChI is InChI=1S/C26H35N3O8S/c1-17(30)28-26-13-18-9-19(14-26)12-25(11-18,16-26)24(32)37-15-23(31)27-20-3-4-21(35-2)22(10-20)38(33,34)29-5-7-36-8-6-29/h3-4,10,18-19H,5-9,11-16H2,1-2H3,(H,27,31)(H,28,30)/t18-,19+,25?,26?. The van der Waals surface area contributed by atoms with Gasteiger partial charge < -0.3 is 24.8 Å². The maximum absolute atomic E-state index is 13.3. The molecule has 2 N–H and O–H groups in total. The molecule has 4 saturated carbocycles. The second kappa shape index (κ2) is 10.1. The van der Waals surface area contributed by atoms with Crippen LogP contribution < -0.4 is 15.4 Å². The van der Waals surface area contributed by atoms with Crippen molar-refractivity contribution in [2.45, 2.75) is 55.9 Å². The van der Waals surface area contributed by atoms with Gasteiger partial charge in [-0.05, 0) is 68.6 Å². The molecule has 0 radical (unpaired) electrons. The molecule has 4 atom stereocenters. The Balaban J connectivity index is 1.24. The molecule has 5 aliphatic rings. The highest BCUT2D eigenvalue weighted by molar-refractivity contribution is 7.89. The number of morpholine rings is 1. The number of nitrogens with one attached hydrogen (secondary N) is 2. The van der Waals surface area contributed by atoms with Crippen molar-refractivity contribution in [1.82, 2.24) is 9.62 Å². The molecule has 11 nitrogen and oxygen atoms in total. The molecule has 12 heteroatoms. The highest BCUT2D eigenvalue weighted by Gasteiger charge is 2.61. The van der Waals surface area contributed by atoms with Crippen LogP contribution in [0.1, 0.15) is 45.4 Å². The van der Waals surface area contributed by atoms with E-state index >= 15 is 0 Å². The quantitative estimate of drug-likeness (QED) is 0.467. The first-order valence-electron chi connectivity index (χ1n) is 13.1. The third kappa shape index (κ3) is 5.13. The van der Waals surface area contributed by atoms with E-state index in [1.807, 2.05) is 0 Å². The molecule has 6 rings (SSSR count). The molecule has 5 fully saturated rings. The number of hydrogen-bond acceptors (Lipinski definition) is 8. The number of methoxy groups -OCH3 is 1. The van der Waals surface area contributed by atoms with Crippen molar-refractivity contribution in [3.63, 3.8) is 0 Å². The summed E-state index contributed by atoms with van der Waals surface area (Å²) >= 11 is 0. The molecule has 1 saturated heterocycles. The number of rotatable bonds is 8. The summed E-state index contributed by atoms with van der Waals surface area (Å²) < 4.78 is 43.8. The van der Waals surface area contributed by atoms with E-state index in [-0.39, 0.29) is 40.9 Å². The van der Waals surface area contributed by atoms with Gasteiger partial charge in [0, 0.05) is 31.2 Å². The van der Waals surface area contributed by atoms with Crippen molar-refractivity contribution in [3.05, 3.63) is 18.2 Å². The van der Waals surface area contributed by atoms with Gasteiger partial charge in [-0.1, -0.05) is 0 Å². The molecule has 1 heterocycles. The van der Waals surface area contributed by atoms with Crippen LogP contribution >= 0.6 is 0 Å². The van der Waals surface area contributed by atoms with Crippen LogP contribution in [-0.4, -0.2) is 76.1 Å². The Morgan fingerprint density at radius 1 is 1.11 bits per heavy atom. The second-order valence-electron chi connectivity index (χ2n) is 11.2. The summed E-state index contributed by atoms with van der Waals surface area (Å²) in [6.45, 7) is 2.08. The zero-order chi connectivity index (χ0) is 27.1. The van der Waals surface area contributed by atoms with E-state index in [1.165, 1.54) is 36.5 Å². The number of anilines is 1. The van der Waals surface area contributed by atoms with Gasteiger partial charge in [0.1, 0.15) is 10.6 Å². The number of esters is 1. The number of benzene rings is 1. The summed E-state index contributed by atoms with van der Waals surface area (Å²) in [5.74, 6) is -0.187. The Kier molecular flexibility index (Phi) is 7.16. The molecular formula is C26H35N3O8S. The largest absolute Gasteiger partial charge is 0.495 e. The van der Waals surface area contributed by atoms with Gasteiger partial charge in [0.05, 0.1) is 25.7 Å². The molecular weight excluding hydrogens is 514 g/mol. The molecule has 2 unspecified atom stereocenters. The van der Waals surface area contributed by atoms with E-state index in [4.69, 9.17) is 14.2 Å². The molecule has 0 spiro atoms. The maximum atomic E-state index is 13.3. The van der Waals surface area contributed by atoms with Crippen LogP contribution in [0.15, 0.2) is 23.1 Å². The number of amides is 2. The number of nitrogens with zero attached hydrogens (tertiary/aromatic N) is 1. The Labute approximate surface area is 222 Å². The number of sulfonamides is 1. The first-order chi connectivity index (χ1) is 18.0. The van der Waals surface area contributed by atoms with E-state index in [9.17, 15) is 22.8 Å². The highest BCUT2D eigenvalue weighted by atomic mass is 32.2. The molecule has 4 aliphatic carbocycles. The van der Waals surface area contributed by atoms with Crippen LogP contribution in [0.2, 0.25) is 0 Å². The molecule has 4 bridgehead atoms. The second-order valence-corrected chi connectivity index (χ2v) is 13.1. The van der Waals surface area contributed by atoms with Crippen LogP contribution in [0.3, 0.4) is 0 Å². The lowest BCUT2D eigenvalue weighted by atomic mass is 9.47. The first kappa shape index (κ1) is 26.9. The number of carbonyl (C=O) groups is 3. The Bertz CT molecular complexity index is 1210. The topological polar surface area (TPSA) is 140 Å². The fraction of sp³-hybridized carbons (Fsp3) is 0.654. The summed E-state index contributed by atoms with van der Waals surface area (Å²) in [5.41, 5.74) is -0.812. The van der Waals surface area contributed by atoms with Gasteiger partial charge in [-0.2, -0.15) is 4.31 Å². The Morgan fingerprint density at radius 2 is 1.79 bits per heavy atom. The minimum atomic E-state index is -3.87. The molecule has 1 aliphatic heterocycles. The zero-order valence-electron chi connectivity index (χ0n) is 21.8. The SMILES string of the molecule is COc1ccc(NC(=O)COC(=O)C23C[C@@H]4C[C@@H](CC(NC(C)=O)(C4)C2)C3)cc1S(=O)(=O)N1CCOCC1. The lowest BCUT2D eigenvalue weighted by Gasteiger charge is -2.60. The molecule has 208 valence electrons. The van der Waals surface area contributed by atoms with Crippen molar-refractivity contribution in [3.8, 4) is 5.75 Å². The summed E-state index contributed by atoms with van der Waals surface area (Å²) in [4.78, 5) is 37.8. The molecule has 0 aromatic heterocycles. The predicted octanol–water partition coefficient (Wildman–Crippen LogP) is 1.67. The molecule has 2 amide bonds. The normalized spacial score (nSPS) is 30.5. The summed E-state index contributed by atoms with van der Waals surface area (Å²) in [6, 6.07) is 4.36. The smallest absolute Gasteiger partial charge is 0.312 e. The van der Waals surface area contributed by atoms with Crippen LogP contribution in [0.25, 0.3) is 0 Å². The van der Waals surface area contributed by atoms with Crippen LogP contribution in [0, 0.1) is 17.3 Å². The van der Waals surface area contributed by atoms with E-state index in [0.29, 0.717) is 44.3 Å². The maximum Gasteiger partial charge on any atom is 0.312 e. The molecule has 1 aromatic carbocycles. The van der Waals surface area contributed by atoms with E-state index in [1.54, 1.807) is 0 Å². The van der Waals surface area contributed by atoms with Crippen LogP contribution in [-0.2, 0) is 33.9 Å². The average molecular weight is 550 g/mol. The van der Waals surface area contributed by atoms with E-state index in [2.05, 4.69) is 10.6 Å². The van der Waals surface area contributed by atoms with E-state index < -0.39 is 33.9 Å². The van der Waals surface area contributed by atoms with Gasteiger partial charge in [0.25, 0.3) is 5.91 Å².